The Kier molecular flexibility index (Phi) is 1.14. The topological polar surface area (TPSA) is 18.5 Å². The molecule has 0 amide bonds. The van der Waals surface area contributed by atoms with E-state index in [0.717, 1.165) is 31.1 Å². The molecule has 0 radical (unpaired) electrons. The van der Waals surface area contributed by atoms with Gasteiger partial charge in [-0.05, 0) is 18.6 Å². The van der Waals surface area contributed by atoms with Crippen molar-refractivity contribution in [2.45, 2.75) is 12.3 Å². The molecule has 0 aromatic heterocycles. The smallest absolute Gasteiger partial charge is 0.126 e. The third-order valence-corrected chi connectivity index (χ3v) is 2.60. The molecule has 0 saturated carbocycles. The zero-order valence-electron chi connectivity index (χ0n) is 6.75. The highest BCUT2D eigenvalue weighted by atomic mass is 16.5. The molecule has 1 aromatic carbocycles. The molecule has 1 atom stereocenters. The van der Waals surface area contributed by atoms with Crippen LogP contribution in [0.1, 0.15) is 17.9 Å². The van der Waals surface area contributed by atoms with E-state index in [2.05, 4.69) is 0 Å². The van der Waals surface area contributed by atoms with Crippen LogP contribution >= 0.6 is 0 Å². The van der Waals surface area contributed by atoms with E-state index < -0.39 is 0 Å². The van der Waals surface area contributed by atoms with Gasteiger partial charge in [-0.3, -0.25) is 0 Å². The standard InChI is InChI=1S/C10H10O2/c1-2-8-10-7(4-5-11-8)6-12-9(10)3-1/h1-3,7H,4-6H2. The van der Waals surface area contributed by atoms with Gasteiger partial charge in [0.25, 0.3) is 0 Å². The number of hydrogen-bond donors (Lipinski definition) is 0. The third kappa shape index (κ3) is 0.697. The summed E-state index contributed by atoms with van der Waals surface area (Å²) < 4.78 is 11.1. The van der Waals surface area contributed by atoms with Crippen molar-refractivity contribution in [2.24, 2.45) is 0 Å². The van der Waals surface area contributed by atoms with Gasteiger partial charge in [-0.1, -0.05) is 6.07 Å². The molecular weight excluding hydrogens is 152 g/mol. The Morgan fingerprint density at radius 3 is 2.92 bits per heavy atom. The van der Waals surface area contributed by atoms with E-state index in [1.165, 1.54) is 5.56 Å². The summed E-state index contributed by atoms with van der Waals surface area (Å²) in [6, 6.07) is 6.04. The van der Waals surface area contributed by atoms with Gasteiger partial charge in [-0.15, -0.1) is 0 Å². The summed E-state index contributed by atoms with van der Waals surface area (Å²) in [6.45, 7) is 1.68. The van der Waals surface area contributed by atoms with Gasteiger partial charge in [0.05, 0.1) is 13.2 Å². The summed E-state index contributed by atoms with van der Waals surface area (Å²) in [5.41, 5.74) is 1.30. The first-order chi connectivity index (χ1) is 5.95. The van der Waals surface area contributed by atoms with Crippen molar-refractivity contribution in [3.8, 4) is 11.5 Å². The minimum atomic E-state index is 0.588. The molecule has 0 fully saturated rings. The molecule has 2 aliphatic rings. The highest BCUT2D eigenvalue weighted by Crippen LogP contribution is 2.44. The minimum Gasteiger partial charge on any atom is -0.493 e. The molecule has 2 nitrogen and oxygen atoms in total. The summed E-state index contributed by atoms with van der Waals surface area (Å²) in [7, 11) is 0. The fourth-order valence-corrected chi connectivity index (χ4v) is 1.99. The summed E-state index contributed by atoms with van der Waals surface area (Å²) in [5, 5.41) is 0. The summed E-state index contributed by atoms with van der Waals surface area (Å²) in [4.78, 5) is 0. The van der Waals surface area contributed by atoms with Crippen LogP contribution in [0.25, 0.3) is 0 Å². The Bertz CT molecular complexity index is 320. The van der Waals surface area contributed by atoms with E-state index in [9.17, 15) is 0 Å². The Morgan fingerprint density at radius 2 is 2.00 bits per heavy atom. The van der Waals surface area contributed by atoms with Gasteiger partial charge in [0.2, 0.25) is 0 Å². The predicted octanol–water partition coefficient (Wildman–Crippen LogP) is 1.95. The van der Waals surface area contributed by atoms with Crippen LogP contribution in [0.4, 0.5) is 0 Å². The van der Waals surface area contributed by atoms with Gasteiger partial charge in [0.1, 0.15) is 11.5 Å². The molecule has 62 valence electrons. The fraction of sp³-hybridized carbons (Fsp3) is 0.400. The first kappa shape index (κ1) is 6.35. The molecule has 3 rings (SSSR count). The van der Waals surface area contributed by atoms with Gasteiger partial charge >= 0.3 is 0 Å². The maximum atomic E-state index is 5.54. The summed E-state index contributed by atoms with van der Waals surface area (Å²) >= 11 is 0. The average Bonchev–Trinajstić information content (AvgIpc) is 2.52. The normalized spacial score (nSPS) is 24.2. The van der Waals surface area contributed by atoms with Crippen LogP contribution in [0, 0.1) is 0 Å². The van der Waals surface area contributed by atoms with E-state index in [1.54, 1.807) is 0 Å². The van der Waals surface area contributed by atoms with Crippen molar-refractivity contribution in [1.29, 1.82) is 0 Å². The highest BCUT2D eigenvalue weighted by Gasteiger charge is 2.30. The van der Waals surface area contributed by atoms with Crippen molar-refractivity contribution < 1.29 is 9.47 Å². The number of ether oxygens (including phenoxy) is 2. The number of hydrogen-bond acceptors (Lipinski definition) is 2. The van der Waals surface area contributed by atoms with E-state index in [1.807, 2.05) is 18.2 Å². The lowest BCUT2D eigenvalue weighted by Crippen LogP contribution is -2.13. The number of rotatable bonds is 0. The van der Waals surface area contributed by atoms with Crippen LogP contribution in [-0.4, -0.2) is 13.2 Å². The zero-order chi connectivity index (χ0) is 7.97. The van der Waals surface area contributed by atoms with Crippen LogP contribution in [0.15, 0.2) is 18.2 Å². The van der Waals surface area contributed by atoms with E-state index >= 15 is 0 Å². The molecule has 0 aliphatic carbocycles. The quantitative estimate of drug-likeness (QED) is 0.580. The molecule has 1 unspecified atom stereocenters. The van der Waals surface area contributed by atoms with Crippen LogP contribution in [0.3, 0.4) is 0 Å². The lowest BCUT2D eigenvalue weighted by Gasteiger charge is -2.19. The Balaban J connectivity index is 2.23. The second kappa shape index (κ2) is 2.16. The molecule has 2 heteroatoms. The van der Waals surface area contributed by atoms with Gasteiger partial charge in [-0.25, -0.2) is 0 Å². The lowest BCUT2D eigenvalue weighted by atomic mass is 9.95. The van der Waals surface area contributed by atoms with Crippen molar-refractivity contribution in [2.75, 3.05) is 13.2 Å². The van der Waals surface area contributed by atoms with Crippen molar-refractivity contribution in [3.63, 3.8) is 0 Å². The first-order valence-corrected chi connectivity index (χ1v) is 4.33. The van der Waals surface area contributed by atoms with Crippen molar-refractivity contribution >= 4 is 0 Å². The van der Waals surface area contributed by atoms with Crippen LogP contribution in [0.2, 0.25) is 0 Å². The van der Waals surface area contributed by atoms with Crippen LogP contribution in [-0.2, 0) is 0 Å². The molecule has 2 heterocycles. The Morgan fingerprint density at radius 1 is 1.17 bits per heavy atom. The largest absolute Gasteiger partial charge is 0.493 e. The van der Waals surface area contributed by atoms with Crippen LogP contribution in [0.5, 0.6) is 11.5 Å². The Labute approximate surface area is 71.1 Å². The fourth-order valence-electron chi connectivity index (χ4n) is 1.99. The first-order valence-electron chi connectivity index (χ1n) is 4.33. The molecule has 0 spiro atoms. The van der Waals surface area contributed by atoms with Crippen molar-refractivity contribution in [1.82, 2.24) is 0 Å². The predicted molar refractivity (Wildman–Crippen MR) is 44.8 cm³/mol. The second-order valence-electron chi connectivity index (χ2n) is 3.31. The summed E-state index contributed by atoms with van der Waals surface area (Å²) in [6.07, 6.45) is 1.10. The molecule has 1 aromatic rings. The van der Waals surface area contributed by atoms with E-state index in [0.29, 0.717) is 5.92 Å². The molecule has 0 N–H and O–H groups in total. The lowest BCUT2D eigenvalue weighted by molar-refractivity contribution is 0.252. The monoisotopic (exact) mass is 162 g/mol. The Hall–Kier alpha value is -1.18. The van der Waals surface area contributed by atoms with Gasteiger partial charge in [-0.2, -0.15) is 0 Å². The maximum absolute atomic E-state index is 5.54. The van der Waals surface area contributed by atoms with Gasteiger partial charge in [0.15, 0.2) is 0 Å². The summed E-state index contributed by atoms with van der Waals surface area (Å²) in [5.74, 6) is 2.64. The second-order valence-corrected chi connectivity index (χ2v) is 3.31. The third-order valence-electron chi connectivity index (χ3n) is 2.60. The molecule has 0 bridgehead atoms. The molecule has 0 saturated heterocycles. The number of benzene rings is 1. The van der Waals surface area contributed by atoms with E-state index in [4.69, 9.17) is 9.47 Å². The molecule has 12 heavy (non-hydrogen) atoms. The van der Waals surface area contributed by atoms with Crippen molar-refractivity contribution in [3.05, 3.63) is 23.8 Å². The minimum absolute atomic E-state index is 0.588. The zero-order valence-corrected chi connectivity index (χ0v) is 6.75. The molecule has 2 aliphatic heterocycles. The van der Waals surface area contributed by atoms with Gasteiger partial charge < -0.3 is 9.47 Å². The van der Waals surface area contributed by atoms with Crippen LogP contribution < -0.4 is 9.47 Å². The average molecular weight is 162 g/mol. The SMILES string of the molecule is c1cc2c3c(c1)OCC3CCO2. The maximum Gasteiger partial charge on any atom is 0.126 e. The van der Waals surface area contributed by atoms with Gasteiger partial charge in [0, 0.05) is 11.5 Å². The van der Waals surface area contributed by atoms with E-state index in [-0.39, 0.29) is 0 Å². The highest BCUT2D eigenvalue weighted by molar-refractivity contribution is 5.50. The molecular formula is C10H10O2.